The lowest BCUT2D eigenvalue weighted by atomic mass is 9.66. The van der Waals surface area contributed by atoms with Gasteiger partial charge >= 0.3 is 0 Å². The number of hydrogen-bond acceptors (Lipinski definition) is 1. The smallest absolute Gasteiger partial charge is 0.0689 e. The van der Waals surface area contributed by atoms with Gasteiger partial charge in [-0.15, -0.1) is 0 Å². The van der Waals surface area contributed by atoms with E-state index in [-0.39, 0.29) is 5.41 Å². The molecule has 0 radical (unpaired) electrons. The minimum atomic E-state index is 0.0266. The third kappa shape index (κ3) is 4.34. The van der Waals surface area contributed by atoms with Crippen LogP contribution >= 0.6 is 0 Å². The Morgan fingerprint density at radius 2 is 1.88 bits per heavy atom. The summed E-state index contributed by atoms with van der Waals surface area (Å²) >= 11 is 0. The summed E-state index contributed by atoms with van der Waals surface area (Å²) in [4.78, 5) is 0. The molecule has 0 bridgehead atoms. The highest BCUT2D eigenvalue weighted by Gasteiger charge is 2.36. The van der Waals surface area contributed by atoms with Crippen molar-refractivity contribution in [3.63, 3.8) is 0 Å². The highest BCUT2D eigenvalue weighted by Crippen LogP contribution is 2.44. The summed E-state index contributed by atoms with van der Waals surface area (Å²) in [5.74, 6) is 1.63. The minimum absolute atomic E-state index is 0.0266. The van der Waals surface area contributed by atoms with E-state index in [1.165, 1.54) is 38.5 Å². The van der Waals surface area contributed by atoms with Crippen molar-refractivity contribution in [3.8, 4) is 6.07 Å². The lowest BCUT2D eigenvalue weighted by molar-refractivity contribution is 0.166. The Kier molecular flexibility index (Phi) is 6.03. The summed E-state index contributed by atoms with van der Waals surface area (Å²) in [7, 11) is 0. The van der Waals surface area contributed by atoms with Gasteiger partial charge in [0.05, 0.1) is 11.5 Å². The Morgan fingerprint density at radius 3 is 2.35 bits per heavy atom. The van der Waals surface area contributed by atoms with Gasteiger partial charge in [-0.3, -0.25) is 0 Å². The fraction of sp³-hybridized carbons (Fsp3) is 0.938. The van der Waals surface area contributed by atoms with E-state index < -0.39 is 0 Å². The van der Waals surface area contributed by atoms with Crippen LogP contribution in [0.2, 0.25) is 0 Å². The SMILES string of the molecule is CCCC(C)CC1(C#N)CCC(CCC)CC1. The first kappa shape index (κ1) is 14.6. The first-order valence-corrected chi connectivity index (χ1v) is 7.57. The molecule has 1 fully saturated rings. The zero-order chi connectivity index (χ0) is 12.7. The standard InChI is InChI=1S/C16H29N/c1-4-6-14(3)12-16(13-17)10-8-15(7-5-2)9-11-16/h14-15H,4-12H2,1-3H3. The summed E-state index contributed by atoms with van der Waals surface area (Å²) in [6.45, 7) is 6.84. The van der Waals surface area contributed by atoms with E-state index in [4.69, 9.17) is 0 Å². The Hall–Kier alpha value is -0.510. The Balaban J connectivity index is 2.47. The largest absolute Gasteiger partial charge is 0.198 e. The minimum Gasteiger partial charge on any atom is -0.198 e. The van der Waals surface area contributed by atoms with Crippen LogP contribution in [0.25, 0.3) is 0 Å². The molecule has 1 aliphatic carbocycles. The second-order valence-electron chi connectivity index (χ2n) is 6.22. The maximum atomic E-state index is 9.52. The average molecular weight is 235 g/mol. The van der Waals surface area contributed by atoms with Crippen LogP contribution in [-0.4, -0.2) is 0 Å². The van der Waals surface area contributed by atoms with E-state index in [1.807, 2.05) is 0 Å². The Labute approximate surface area is 108 Å². The molecule has 0 aromatic rings. The third-order valence-corrected chi connectivity index (χ3v) is 4.52. The number of nitriles is 1. The number of rotatable bonds is 6. The van der Waals surface area contributed by atoms with Crippen LogP contribution in [0, 0.1) is 28.6 Å². The molecule has 0 spiro atoms. The third-order valence-electron chi connectivity index (χ3n) is 4.52. The molecule has 1 heteroatoms. The molecular formula is C16H29N. The maximum absolute atomic E-state index is 9.52. The topological polar surface area (TPSA) is 23.8 Å². The predicted molar refractivity (Wildman–Crippen MR) is 73.6 cm³/mol. The molecule has 1 atom stereocenters. The van der Waals surface area contributed by atoms with Crippen molar-refractivity contribution < 1.29 is 0 Å². The van der Waals surface area contributed by atoms with Gasteiger partial charge in [0, 0.05) is 0 Å². The van der Waals surface area contributed by atoms with E-state index >= 15 is 0 Å². The van der Waals surface area contributed by atoms with Crippen molar-refractivity contribution in [1.29, 1.82) is 5.26 Å². The quantitative estimate of drug-likeness (QED) is 0.611. The van der Waals surface area contributed by atoms with E-state index in [1.54, 1.807) is 0 Å². The fourth-order valence-electron chi connectivity index (χ4n) is 3.55. The predicted octanol–water partition coefficient (Wildman–Crippen LogP) is 5.31. The van der Waals surface area contributed by atoms with Gasteiger partial charge < -0.3 is 0 Å². The van der Waals surface area contributed by atoms with Gasteiger partial charge in [-0.05, 0) is 43.9 Å². The molecule has 1 rings (SSSR count). The normalized spacial score (nSPS) is 30.8. The van der Waals surface area contributed by atoms with Crippen LogP contribution in [-0.2, 0) is 0 Å². The van der Waals surface area contributed by atoms with Crippen molar-refractivity contribution >= 4 is 0 Å². The number of hydrogen-bond donors (Lipinski definition) is 0. The first-order chi connectivity index (χ1) is 8.15. The van der Waals surface area contributed by atoms with Gasteiger partial charge in [-0.2, -0.15) is 5.26 Å². The lowest BCUT2D eigenvalue weighted by Crippen LogP contribution is -2.28. The zero-order valence-corrected chi connectivity index (χ0v) is 12.0. The molecule has 1 saturated carbocycles. The van der Waals surface area contributed by atoms with Gasteiger partial charge in [0.15, 0.2) is 0 Å². The van der Waals surface area contributed by atoms with Crippen molar-refractivity contribution in [2.45, 2.75) is 78.6 Å². The van der Waals surface area contributed by atoms with Crippen LogP contribution in [0.3, 0.4) is 0 Å². The molecule has 0 amide bonds. The van der Waals surface area contributed by atoms with Crippen molar-refractivity contribution in [1.82, 2.24) is 0 Å². The molecule has 0 saturated heterocycles. The Bertz CT molecular complexity index is 243. The maximum Gasteiger partial charge on any atom is 0.0689 e. The molecule has 0 aromatic carbocycles. The van der Waals surface area contributed by atoms with Crippen molar-refractivity contribution in [2.24, 2.45) is 17.3 Å². The van der Waals surface area contributed by atoms with Gasteiger partial charge in [-0.1, -0.05) is 46.5 Å². The molecule has 0 aromatic heterocycles. The van der Waals surface area contributed by atoms with Crippen LogP contribution in [0.4, 0.5) is 0 Å². The molecular weight excluding hydrogens is 206 g/mol. The highest BCUT2D eigenvalue weighted by molar-refractivity contribution is 5.02. The highest BCUT2D eigenvalue weighted by atomic mass is 14.4. The molecule has 1 unspecified atom stereocenters. The monoisotopic (exact) mass is 235 g/mol. The summed E-state index contributed by atoms with van der Waals surface area (Å²) in [5.41, 5.74) is 0.0266. The second kappa shape index (κ2) is 7.04. The number of nitrogens with zero attached hydrogens (tertiary/aromatic N) is 1. The second-order valence-corrected chi connectivity index (χ2v) is 6.22. The van der Waals surface area contributed by atoms with E-state index in [2.05, 4.69) is 26.8 Å². The lowest BCUT2D eigenvalue weighted by Gasteiger charge is -2.36. The van der Waals surface area contributed by atoms with E-state index in [0.717, 1.165) is 31.1 Å². The molecule has 0 aliphatic heterocycles. The van der Waals surface area contributed by atoms with Crippen molar-refractivity contribution in [2.75, 3.05) is 0 Å². The molecule has 98 valence electrons. The van der Waals surface area contributed by atoms with E-state index in [0.29, 0.717) is 0 Å². The van der Waals surface area contributed by atoms with Crippen LogP contribution < -0.4 is 0 Å². The van der Waals surface area contributed by atoms with Crippen molar-refractivity contribution in [3.05, 3.63) is 0 Å². The molecule has 1 aliphatic rings. The summed E-state index contributed by atoms with van der Waals surface area (Å²) in [6.07, 6.45) is 11.2. The van der Waals surface area contributed by atoms with Gasteiger partial charge in [-0.25, -0.2) is 0 Å². The molecule has 1 nitrogen and oxygen atoms in total. The average Bonchev–Trinajstić information content (AvgIpc) is 2.32. The zero-order valence-electron chi connectivity index (χ0n) is 12.0. The molecule has 0 N–H and O–H groups in total. The summed E-state index contributed by atoms with van der Waals surface area (Å²) in [6, 6.07) is 2.67. The summed E-state index contributed by atoms with van der Waals surface area (Å²) in [5, 5.41) is 9.52. The first-order valence-electron chi connectivity index (χ1n) is 7.57. The van der Waals surface area contributed by atoms with Crippen LogP contribution in [0.1, 0.15) is 78.6 Å². The fourth-order valence-corrected chi connectivity index (χ4v) is 3.55. The summed E-state index contributed by atoms with van der Waals surface area (Å²) < 4.78 is 0. The molecule has 17 heavy (non-hydrogen) atoms. The molecule has 0 heterocycles. The van der Waals surface area contributed by atoms with Gasteiger partial charge in [0.1, 0.15) is 0 Å². The van der Waals surface area contributed by atoms with Gasteiger partial charge in [0.2, 0.25) is 0 Å². The van der Waals surface area contributed by atoms with E-state index in [9.17, 15) is 5.26 Å². The Morgan fingerprint density at radius 1 is 1.24 bits per heavy atom. The van der Waals surface area contributed by atoms with Crippen LogP contribution in [0.5, 0.6) is 0 Å². The van der Waals surface area contributed by atoms with Gasteiger partial charge in [0.25, 0.3) is 0 Å². The van der Waals surface area contributed by atoms with Crippen LogP contribution in [0.15, 0.2) is 0 Å².